The molecule has 1 amide bonds. The van der Waals surface area contributed by atoms with Gasteiger partial charge in [-0.3, -0.25) is 9.69 Å². The summed E-state index contributed by atoms with van der Waals surface area (Å²) in [7, 11) is 0. The summed E-state index contributed by atoms with van der Waals surface area (Å²) in [6.45, 7) is 11.6. The summed E-state index contributed by atoms with van der Waals surface area (Å²) in [6, 6.07) is 25.3. The lowest BCUT2D eigenvalue weighted by molar-refractivity contribution is 0.0940. The summed E-state index contributed by atoms with van der Waals surface area (Å²) in [4.78, 5) is 15.2. The number of hydrogen-bond acceptors (Lipinski definition) is 2. The smallest absolute Gasteiger partial charge is 0.251 e. The maximum Gasteiger partial charge on any atom is 0.251 e. The first-order valence-corrected chi connectivity index (χ1v) is 11.6. The van der Waals surface area contributed by atoms with Crippen LogP contribution in [0.2, 0.25) is 0 Å². The van der Waals surface area contributed by atoms with E-state index in [0.717, 1.165) is 31.6 Å². The Bertz CT molecular complexity index is 1060. The molecule has 1 aliphatic rings. The quantitative estimate of drug-likeness (QED) is 0.540. The van der Waals surface area contributed by atoms with Gasteiger partial charge in [-0.15, -0.1) is 0 Å². The molecule has 0 fully saturated rings. The van der Waals surface area contributed by atoms with Gasteiger partial charge < -0.3 is 5.32 Å². The molecule has 0 radical (unpaired) electrons. The fourth-order valence-electron chi connectivity index (χ4n) is 4.34. The molecule has 1 atom stereocenters. The molecule has 166 valence electrons. The second-order valence-corrected chi connectivity index (χ2v) is 9.99. The number of carbonyl (C=O) groups excluding carboxylic acids is 1. The second-order valence-electron chi connectivity index (χ2n) is 9.99. The fraction of sp³-hybridized carbons (Fsp3) is 0.345. The number of amides is 1. The number of fused-ring (bicyclic) bond motifs is 1. The Kier molecular flexibility index (Phi) is 6.48. The predicted molar refractivity (Wildman–Crippen MR) is 132 cm³/mol. The summed E-state index contributed by atoms with van der Waals surface area (Å²) in [5, 5.41) is 3.13. The minimum absolute atomic E-state index is 0.0316. The van der Waals surface area contributed by atoms with Crippen LogP contribution in [0, 0.1) is 0 Å². The SMILES string of the molecule is C[C@H](NC(=O)c1ccc(CN2CCc3ccccc3C2)cc1)c1ccc(C(C)(C)C)cc1. The van der Waals surface area contributed by atoms with Crippen molar-refractivity contribution in [3.63, 3.8) is 0 Å². The maximum absolute atomic E-state index is 12.8. The van der Waals surface area contributed by atoms with E-state index in [0.29, 0.717) is 5.56 Å². The van der Waals surface area contributed by atoms with Crippen molar-refractivity contribution in [1.82, 2.24) is 10.2 Å². The van der Waals surface area contributed by atoms with Crippen molar-refractivity contribution in [3.05, 3.63) is 106 Å². The normalized spacial score (nSPS) is 15.1. The van der Waals surface area contributed by atoms with Gasteiger partial charge in [-0.05, 0) is 58.7 Å². The van der Waals surface area contributed by atoms with Crippen molar-refractivity contribution in [3.8, 4) is 0 Å². The van der Waals surface area contributed by atoms with E-state index in [1.54, 1.807) is 0 Å². The number of rotatable bonds is 5. The van der Waals surface area contributed by atoms with Gasteiger partial charge in [0.05, 0.1) is 6.04 Å². The van der Waals surface area contributed by atoms with E-state index in [9.17, 15) is 4.79 Å². The molecule has 0 spiro atoms. The fourth-order valence-corrected chi connectivity index (χ4v) is 4.34. The highest BCUT2D eigenvalue weighted by atomic mass is 16.1. The number of nitrogens with one attached hydrogen (secondary N) is 1. The molecule has 3 nitrogen and oxygen atoms in total. The molecule has 4 rings (SSSR count). The van der Waals surface area contributed by atoms with E-state index in [-0.39, 0.29) is 17.4 Å². The molecular formula is C29H34N2O. The molecule has 1 heterocycles. The first-order chi connectivity index (χ1) is 15.3. The first kappa shape index (κ1) is 22.3. The lowest BCUT2D eigenvalue weighted by Gasteiger charge is -2.28. The molecule has 0 saturated carbocycles. The topological polar surface area (TPSA) is 32.3 Å². The summed E-state index contributed by atoms with van der Waals surface area (Å²) in [5.41, 5.74) is 7.39. The number of hydrogen-bond donors (Lipinski definition) is 1. The van der Waals surface area contributed by atoms with Gasteiger partial charge in [0.1, 0.15) is 0 Å². The number of carbonyl (C=O) groups is 1. The van der Waals surface area contributed by atoms with Crippen molar-refractivity contribution in [2.24, 2.45) is 0 Å². The minimum Gasteiger partial charge on any atom is -0.346 e. The van der Waals surface area contributed by atoms with Crippen LogP contribution in [0.3, 0.4) is 0 Å². The highest BCUT2D eigenvalue weighted by Crippen LogP contribution is 2.24. The van der Waals surface area contributed by atoms with E-state index in [4.69, 9.17) is 0 Å². The van der Waals surface area contributed by atoms with Crippen LogP contribution in [0.4, 0.5) is 0 Å². The monoisotopic (exact) mass is 426 g/mol. The van der Waals surface area contributed by atoms with Crippen LogP contribution >= 0.6 is 0 Å². The highest BCUT2D eigenvalue weighted by molar-refractivity contribution is 5.94. The molecular weight excluding hydrogens is 392 g/mol. The first-order valence-electron chi connectivity index (χ1n) is 11.6. The Morgan fingerprint density at radius 2 is 1.59 bits per heavy atom. The zero-order chi connectivity index (χ0) is 22.7. The molecule has 0 aliphatic carbocycles. The third-order valence-corrected chi connectivity index (χ3v) is 6.46. The molecule has 0 unspecified atom stereocenters. The molecule has 1 N–H and O–H groups in total. The van der Waals surface area contributed by atoms with Gasteiger partial charge >= 0.3 is 0 Å². The van der Waals surface area contributed by atoms with Crippen molar-refractivity contribution in [1.29, 1.82) is 0 Å². The third kappa shape index (κ3) is 5.28. The van der Waals surface area contributed by atoms with Crippen molar-refractivity contribution >= 4 is 5.91 Å². The standard InChI is InChI=1S/C29H34N2O/c1-21(23-13-15-27(16-14-23)29(2,3)4)30-28(32)25-11-9-22(10-12-25)19-31-18-17-24-7-5-6-8-26(24)20-31/h5-16,21H,17-20H2,1-4H3,(H,30,32)/t21-/m0/s1. The summed E-state index contributed by atoms with van der Waals surface area (Å²) in [5.74, 6) is -0.0316. The minimum atomic E-state index is -0.0374. The molecule has 3 aromatic rings. The maximum atomic E-state index is 12.8. The highest BCUT2D eigenvalue weighted by Gasteiger charge is 2.17. The van der Waals surface area contributed by atoms with Gasteiger partial charge in [0.15, 0.2) is 0 Å². The van der Waals surface area contributed by atoms with Gasteiger partial charge in [-0.1, -0.05) is 81.4 Å². The Morgan fingerprint density at radius 1 is 0.938 bits per heavy atom. The predicted octanol–water partition coefficient (Wildman–Crippen LogP) is 6.03. The molecule has 3 aromatic carbocycles. The van der Waals surface area contributed by atoms with Crippen LogP contribution < -0.4 is 5.32 Å². The number of benzene rings is 3. The van der Waals surface area contributed by atoms with Crippen molar-refractivity contribution < 1.29 is 4.79 Å². The third-order valence-electron chi connectivity index (χ3n) is 6.46. The summed E-state index contributed by atoms with van der Waals surface area (Å²) < 4.78 is 0. The van der Waals surface area contributed by atoms with Gasteiger partial charge in [0, 0.05) is 25.2 Å². The van der Waals surface area contributed by atoms with E-state index >= 15 is 0 Å². The van der Waals surface area contributed by atoms with E-state index in [2.05, 4.69) is 91.7 Å². The number of nitrogens with zero attached hydrogens (tertiary/aromatic N) is 1. The van der Waals surface area contributed by atoms with E-state index in [1.165, 1.54) is 22.3 Å². The Morgan fingerprint density at radius 3 is 2.25 bits per heavy atom. The average Bonchev–Trinajstić information content (AvgIpc) is 2.79. The zero-order valence-corrected chi connectivity index (χ0v) is 19.7. The Balaban J connectivity index is 1.34. The second kappa shape index (κ2) is 9.30. The Labute approximate surface area is 192 Å². The van der Waals surface area contributed by atoms with Gasteiger partial charge in [-0.2, -0.15) is 0 Å². The van der Waals surface area contributed by atoms with E-state index in [1.807, 2.05) is 19.1 Å². The molecule has 3 heteroatoms. The summed E-state index contributed by atoms with van der Waals surface area (Å²) >= 11 is 0. The lowest BCUT2D eigenvalue weighted by atomic mass is 9.86. The van der Waals surface area contributed by atoms with Crippen LogP contribution in [0.5, 0.6) is 0 Å². The van der Waals surface area contributed by atoms with Gasteiger partial charge in [0.2, 0.25) is 0 Å². The molecule has 32 heavy (non-hydrogen) atoms. The largest absolute Gasteiger partial charge is 0.346 e. The van der Waals surface area contributed by atoms with Gasteiger partial charge in [0.25, 0.3) is 5.91 Å². The van der Waals surface area contributed by atoms with Crippen LogP contribution in [0.15, 0.2) is 72.8 Å². The summed E-state index contributed by atoms with van der Waals surface area (Å²) in [6.07, 6.45) is 1.10. The average molecular weight is 427 g/mol. The molecule has 0 bridgehead atoms. The van der Waals surface area contributed by atoms with Gasteiger partial charge in [-0.25, -0.2) is 0 Å². The lowest BCUT2D eigenvalue weighted by Crippen LogP contribution is -2.30. The van der Waals surface area contributed by atoms with Crippen LogP contribution in [-0.4, -0.2) is 17.4 Å². The van der Waals surface area contributed by atoms with Crippen LogP contribution in [-0.2, 0) is 24.9 Å². The van der Waals surface area contributed by atoms with Crippen LogP contribution in [0.25, 0.3) is 0 Å². The molecule has 1 aliphatic heterocycles. The van der Waals surface area contributed by atoms with E-state index < -0.39 is 0 Å². The van der Waals surface area contributed by atoms with Crippen molar-refractivity contribution in [2.45, 2.75) is 58.7 Å². The van der Waals surface area contributed by atoms with Crippen molar-refractivity contribution in [2.75, 3.05) is 6.54 Å². The zero-order valence-electron chi connectivity index (χ0n) is 19.7. The molecule has 0 aromatic heterocycles. The Hall–Kier alpha value is -2.91. The molecule has 0 saturated heterocycles. The van der Waals surface area contributed by atoms with Crippen LogP contribution in [0.1, 0.15) is 71.9 Å².